The minimum Gasteiger partial charge on any atom is -0.481 e. The zero-order valence-electron chi connectivity index (χ0n) is 27.9. The van der Waals surface area contributed by atoms with Gasteiger partial charge in [0.15, 0.2) is 5.96 Å². The highest BCUT2D eigenvalue weighted by Gasteiger charge is 2.41. The molecular weight excluding hydrogens is 678 g/mol. The summed E-state index contributed by atoms with van der Waals surface area (Å²) in [6.45, 7) is 0.215. The van der Waals surface area contributed by atoms with Gasteiger partial charge in [0.05, 0.1) is 18.9 Å². The van der Waals surface area contributed by atoms with Crippen molar-refractivity contribution in [3.63, 3.8) is 0 Å². The van der Waals surface area contributed by atoms with Gasteiger partial charge in [0.25, 0.3) is 0 Å². The van der Waals surface area contributed by atoms with Crippen LogP contribution < -0.4 is 44.2 Å². The lowest BCUT2D eigenvalue weighted by Crippen LogP contribution is -2.59. The zero-order valence-corrected chi connectivity index (χ0v) is 27.9. The Labute approximate surface area is 292 Å². The van der Waals surface area contributed by atoms with Gasteiger partial charge in [-0.25, -0.2) is 4.79 Å². The highest BCUT2D eigenvalue weighted by atomic mass is 16.4. The summed E-state index contributed by atoms with van der Waals surface area (Å²) in [5, 5.41) is 36.1. The van der Waals surface area contributed by atoms with Crippen LogP contribution in [-0.2, 0) is 43.2 Å². The van der Waals surface area contributed by atoms with Gasteiger partial charge in [-0.15, -0.1) is 0 Å². The summed E-state index contributed by atoms with van der Waals surface area (Å²) >= 11 is 0. The minimum atomic E-state index is -1.72. The van der Waals surface area contributed by atoms with Crippen LogP contribution in [0.2, 0.25) is 0 Å². The van der Waals surface area contributed by atoms with E-state index in [1.165, 1.54) is 4.90 Å². The fourth-order valence-electron chi connectivity index (χ4n) is 5.85. The maximum Gasteiger partial charge on any atom is 0.326 e. The molecule has 2 fully saturated rings. The van der Waals surface area contributed by atoms with Gasteiger partial charge in [-0.05, 0) is 44.9 Å². The number of carbonyl (C=O) groups excluding carboxylic acids is 7. The standard InChI is InChI=1S/C29H47N11O11/c30-14(12-21(32)42)26(48)39-10-2-5-18(39)24(46)36-15(4-1-9-35-29(33)34)23(45)38-17(13-22(43)44)27(49)40-11-3-6-19(40)25(47)37-16(28(50)51)7-8-20(31)41/h14-19H,1-13,30H2,(H2,31,41)(H2,32,42)(H,36,46)(H,37,47)(H,38,45)(H,43,44)(H,50,51)(H4,33,34,35)/t14-,15-,16-,17-,18-,19-/m0/s1. The van der Waals surface area contributed by atoms with Crippen LogP contribution in [0.1, 0.15) is 64.2 Å². The van der Waals surface area contributed by atoms with E-state index < -0.39 is 102 Å². The second-order valence-electron chi connectivity index (χ2n) is 12.3. The van der Waals surface area contributed by atoms with Gasteiger partial charge in [0, 0.05) is 26.1 Å². The summed E-state index contributed by atoms with van der Waals surface area (Å²) in [6, 6.07) is -8.19. The van der Waals surface area contributed by atoms with Crippen molar-refractivity contribution >= 4 is 59.2 Å². The van der Waals surface area contributed by atoms with E-state index in [1.807, 2.05) is 0 Å². The number of nitrogens with two attached hydrogens (primary N) is 4. The lowest BCUT2D eigenvalue weighted by Gasteiger charge is -2.30. The highest BCUT2D eigenvalue weighted by molar-refractivity contribution is 5.98. The number of rotatable bonds is 20. The normalized spacial score (nSPS) is 19.2. The number of aliphatic carboxylic acids is 2. The van der Waals surface area contributed by atoms with Crippen molar-refractivity contribution in [1.29, 1.82) is 5.41 Å². The van der Waals surface area contributed by atoms with Gasteiger partial charge in [-0.3, -0.25) is 43.8 Å². The van der Waals surface area contributed by atoms with Crippen molar-refractivity contribution in [1.82, 2.24) is 31.1 Å². The quantitative estimate of drug-likeness (QED) is 0.0317. The Hall–Kier alpha value is -5.54. The Morgan fingerprint density at radius 3 is 1.76 bits per heavy atom. The van der Waals surface area contributed by atoms with Gasteiger partial charge >= 0.3 is 11.9 Å². The van der Waals surface area contributed by atoms with Gasteiger partial charge in [0.1, 0.15) is 30.2 Å². The number of guanidine groups is 1. The Balaban J connectivity index is 2.26. The number of primary amides is 2. The number of nitrogens with one attached hydrogen (secondary N) is 5. The second-order valence-corrected chi connectivity index (χ2v) is 12.3. The van der Waals surface area contributed by atoms with Crippen molar-refractivity contribution in [3.05, 3.63) is 0 Å². The molecule has 0 aromatic heterocycles. The number of likely N-dealkylation sites (tertiary alicyclic amines) is 2. The SMILES string of the molecule is N=C(N)NCCC[C@H](NC(=O)[C@@H]1CCCN1C(=O)[C@@H](N)CC(N)=O)C(=O)N[C@@H](CC(=O)O)C(=O)N1CCC[C@H]1C(=O)N[C@@H](CCC(N)=O)C(=O)O. The molecule has 6 atom stereocenters. The number of hydrogen-bond donors (Lipinski definition) is 11. The lowest BCUT2D eigenvalue weighted by molar-refractivity contribution is -0.147. The molecule has 0 spiro atoms. The Kier molecular flexibility index (Phi) is 16.0. The van der Waals surface area contributed by atoms with Crippen LogP contribution in [0.25, 0.3) is 0 Å². The molecule has 22 heteroatoms. The van der Waals surface area contributed by atoms with E-state index in [1.54, 1.807) is 0 Å². The number of nitrogens with zero attached hydrogens (tertiary/aromatic N) is 2. The van der Waals surface area contributed by atoms with Gasteiger partial charge < -0.3 is 64.2 Å². The molecule has 2 aliphatic rings. The second kappa shape index (κ2) is 19.6. The maximum absolute atomic E-state index is 13.7. The molecule has 7 amide bonds. The molecule has 2 aliphatic heterocycles. The molecule has 0 unspecified atom stereocenters. The number of hydrogen-bond acceptors (Lipinski definition) is 11. The summed E-state index contributed by atoms with van der Waals surface area (Å²) in [5.41, 5.74) is 21.3. The van der Waals surface area contributed by atoms with Crippen LogP contribution in [0.15, 0.2) is 0 Å². The summed E-state index contributed by atoms with van der Waals surface area (Å²) in [6.07, 6.45) is -0.963. The van der Waals surface area contributed by atoms with Crippen LogP contribution in [-0.4, -0.2) is 135 Å². The molecule has 0 aromatic carbocycles. The van der Waals surface area contributed by atoms with Crippen molar-refractivity contribution in [3.8, 4) is 0 Å². The fraction of sp³-hybridized carbons (Fsp3) is 0.655. The summed E-state index contributed by atoms with van der Waals surface area (Å²) in [7, 11) is 0. The molecule has 22 nitrogen and oxygen atoms in total. The first-order chi connectivity index (χ1) is 23.9. The molecule has 0 aliphatic carbocycles. The molecule has 0 saturated carbocycles. The van der Waals surface area contributed by atoms with E-state index in [0.29, 0.717) is 6.42 Å². The van der Waals surface area contributed by atoms with Crippen molar-refractivity contribution < 1.29 is 53.4 Å². The predicted octanol–water partition coefficient (Wildman–Crippen LogP) is -5.29. The van der Waals surface area contributed by atoms with Crippen LogP contribution in [0.3, 0.4) is 0 Å². The van der Waals surface area contributed by atoms with Crippen LogP contribution in [0.5, 0.6) is 0 Å². The molecule has 2 heterocycles. The van der Waals surface area contributed by atoms with E-state index in [4.69, 9.17) is 28.3 Å². The van der Waals surface area contributed by atoms with Crippen molar-refractivity contribution in [2.45, 2.75) is 100 Å². The molecule has 2 saturated heterocycles. The van der Waals surface area contributed by atoms with E-state index in [0.717, 1.165) is 4.90 Å². The van der Waals surface area contributed by atoms with Crippen molar-refractivity contribution in [2.24, 2.45) is 22.9 Å². The van der Waals surface area contributed by atoms with Crippen LogP contribution in [0.4, 0.5) is 0 Å². The third-order valence-corrected chi connectivity index (χ3v) is 8.32. The van der Waals surface area contributed by atoms with Gasteiger partial charge in [0.2, 0.25) is 41.4 Å². The number of amides is 7. The molecule has 0 bridgehead atoms. The third-order valence-electron chi connectivity index (χ3n) is 8.32. The number of carbonyl (C=O) groups is 9. The van der Waals surface area contributed by atoms with E-state index in [-0.39, 0.29) is 70.5 Å². The molecule has 15 N–H and O–H groups in total. The largest absolute Gasteiger partial charge is 0.481 e. The monoisotopic (exact) mass is 725 g/mol. The first-order valence-electron chi connectivity index (χ1n) is 16.3. The van der Waals surface area contributed by atoms with E-state index in [2.05, 4.69) is 21.3 Å². The molecule has 0 radical (unpaired) electrons. The fourth-order valence-corrected chi connectivity index (χ4v) is 5.85. The summed E-state index contributed by atoms with van der Waals surface area (Å²) in [4.78, 5) is 115. The van der Waals surface area contributed by atoms with E-state index in [9.17, 15) is 53.4 Å². The van der Waals surface area contributed by atoms with E-state index >= 15 is 0 Å². The molecule has 51 heavy (non-hydrogen) atoms. The molecule has 2 rings (SSSR count). The first kappa shape index (κ1) is 41.6. The average Bonchev–Trinajstić information content (AvgIpc) is 3.73. The minimum absolute atomic E-state index is 0.0255. The third kappa shape index (κ3) is 13.0. The number of carboxylic acid groups (broad SMARTS) is 2. The maximum atomic E-state index is 13.7. The molecular formula is C29H47N11O11. The van der Waals surface area contributed by atoms with Crippen LogP contribution in [0, 0.1) is 5.41 Å². The zero-order chi connectivity index (χ0) is 38.4. The first-order valence-corrected chi connectivity index (χ1v) is 16.3. The average molecular weight is 726 g/mol. The van der Waals surface area contributed by atoms with Gasteiger partial charge in [-0.2, -0.15) is 0 Å². The van der Waals surface area contributed by atoms with Crippen LogP contribution >= 0.6 is 0 Å². The van der Waals surface area contributed by atoms with Gasteiger partial charge in [-0.1, -0.05) is 0 Å². The Bertz CT molecular complexity index is 1380. The summed E-state index contributed by atoms with van der Waals surface area (Å²) < 4.78 is 0. The summed E-state index contributed by atoms with van der Waals surface area (Å²) in [5.74, 6) is -9.13. The molecule has 284 valence electrons. The predicted molar refractivity (Wildman–Crippen MR) is 175 cm³/mol. The lowest BCUT2D eigenvalue weighted by atomic mass is 10.1. The number of carboxylic acids is 2. The van der Waals surface area contributed by atoms with Crippen molar-refractivity contribution in [2.75, 3.05) is 19.6 Å². The Morgan fingerprint density at radius 2 is 1.27 bits per heavy atom. The smallest absolute Gasteiger partial charge is 0.326 e. The highest BCUT2D eigenvalue weighted by Crippen LogP contribution is 2.21. The topological polar surface area (TPSA) is 377 Å². The Morgan fingerprint density at radius 1 is 0.725 bits per heavy atom. The molecule has 0 aromatic rings.